The second kappa shape index (κ2) is 27.2. The molecular formula is C73H46AlF28N. The van der Waals surface area contributed by atoms with Crippen LogP contribution in [-0.2, 0) is 0 Å². The Morgan fingerprint density at radius 1 is 0.311 bits per heavy atom. The lowest BCUT2D eigenvalue weighted by Gasteiger charge is -2.57. The number of fused-ring (bicyclic) bond motifs is 12. The second-order valence-electron chi connectivity index (χ2n) is 26.1. The van der Waals surface area contributed by atoms with E-state index in [1.54, 1.807) is 4.90 Å². The minimum absolute atomic E-state index is 0.595. The molecule has 0 radical (unpaired) electrons. The van der Waals surface area contributed by atoms with Crippen LogP contribution in [0.25, 0.3) is 44.5 Å². The molecule has 1 N–H and O–H groups in total. The van der Waals surface area contributed by atoms with Gasteiger partial charge in [-0.2, -0.15) is 0 Å². The summed E-state index contributed by atoms with van der Waals surface area (Å²) in [7, 11) is 0. The highest BCUT2D eigenvalue weighted by Crippen LogP contribution is 2.73. The molecule has 0 bridgehead atoms. The van der Waals surface area contributed by atoms with Crippen LogP contribution in [0.15, 0.2) is 54.6 Å². The fourth-order valence-corrected chi connectivity index (χ4v) is 26.3. The molecule has 9 aromatic rings. The molecule has 0 spiro atoms. The van der Waals surface area contributed by atoms with Crippen LogP contribution >= 0.6 is 0 Å². The molecular weight excluding hydrogens is 1450 g/mol. The molecule has 0 aromatic heterocycles. The molecule has 4 aliphatic rings. The van der Waals surface area contributed by atoms with E-state index in [0.29, 0.717) is 0 Å². The van der Waals surface area contributed by atoms with Crippen molar-refractivity contribution in [2.45, 2.75) is 91.8 Å². The molecule has 0 amide bonds. The van der Waals surface area contributed by atoms with Crippen molar-refractivity contribution in [2.24, 2.45) is 11.8 Å². The zero-order valence-electron chi connectivity index (χ0n) is 53.2. The first-order chi connectivity index (χ1) is 48.6. The predicted molar refractivity (Wildman–Crippen MR) is 318 cm³/mol. The maximum atomic E-state index is 17.7. The van der Waals surface area contributed by atoms with Gasteiger partial charge in [-0.15, -0.1) is 19.1 Å². The Morgan fingerprint density at radius 2 is 0.583 bits per heavy atom. The van der Waals surface area contributed by atoms with Crippen LogP contribution in [0.2, 0.25) is 0 Å². The number of nitrogens with one attached hydrogen (secondary N) is 1. The Bertz CT molecular complexity index is 4520. The van der Waals surface area contributed by atoms with Gasteiger partial charge >= 0.3 is 0 Å². The Kier molecular flexibility index (Phi) is 19.6. The van der Waals surface area contributed by atoms with Crippen LogP contribution in [0.5, 0.6) is 0 Å². The minimum atomic E-state index is -8.92. The summed E-state index contributed by atoms with van der Waals surface area (Å²) < 4.78 is 446. The van der Waals surface area contributed by atoms with Gasteiger partial charge in [-0.25, -0.2) is 123 Å². The fourth-order valence-electron chi connectivity index (χ4n) is 16.8. The van der Waals surface area contributed by atoms with E-state index in [1.807, 2.05) is 0 Å². The lowest BCUT2D eigenvalue weighted by atomic mass is 9.95. The summed E-state index contributed by atoms with van der Waals surface area (Å²) >= 11 is -8.92. The number of halogens is 28. The molecule has 542 valence electrons. The summed E-state index contributed by atoms with van der Waals surface area (Å²) in [4.78, 5) is 1.69. The summed E-state index contributed by atoms with van der Waals surface area (Å²) in [6.07, 6.45) is 9.51. The van der Waals surface area contributed by atoms with Gasteiger partial charge in [0.15, 0.2) is 176 Å². The Hall–Kier alpha value is -8.49. The van der Waals surface area contributed by atoms with Crippen LogP contribution in [0.3, 0.4) is 0 Å². The van der Waals surface area contributed by atoms with Gasteiger partial charge in [-0.3, -0.25) is 0 Å². The number of benzene rings is 9. The summed E-state index contributed by atoms with van der Waals surface area (Å²) in [5.41, 5.74) is -35.9. The summed E-state index contributed by atoms with van der Waals surface area (Å²) in [5.74, 6) is -84.1. The summed E-state index contributed by atoms with van der Waals surface area (Å²) in [6, 6.07) is 8.74. The molecule has 9 aromatic carbocycles. The Balaban J connectivity index is 0.000000391. The van der Waals surface area contributed by atoms with Crippen LogP contribution in [-0.4, -0.2) is 26.2 Å². The topological polar surface area (TPSA) is 4.44 Å². The molecule has 7 atom stereocenters. The fraction of sp³-hybridized carbons (Fsp3) is 0.260. The highest BCUT2D eigenvalue weighted by Gasteiger charge is 2.68. The number of para-hydroxylation sites is 1. The highest BCUT2D eigenvalue weighted by molar-refractivity contribution is 6.88. The van der Waals surface area contributed by atoms with Crippen LogP contribution in [0.4, 0.5) is 129 Å². The van der Waals surface area contributed by atoms with Crippen molar-refractivity contribution in [3.63, 3.8) is 0 Å². The monoisotopic (exact) mass is 1500 g/mol. The van der Waals surface area contributed by atoms with E-state index < -0.39 is 308 Å². The van der Waals surface area contributed by atoms with Gasteiger partial charge in [0.1, 0.15) is 5.69 Å². The van der Waals surface area contributed by atoms with Gasteiger partial charge in [-0.1, -0.05) is 100 Å². The molecule has 1 nitrogen and oxygen atoms in total. The number of hydrogen-bond acceptors (Lipinski definition) is 0. The molecule has 0 aliphatic heterocycles. The van der Waals surface area contributed by atoms with Crippen molar-refractivity contribution in [3.05, 3.63) is 262 Å². The van der Waals surface area contributed by atoms with E-state index >= 15 is 123 Å². The van der Waals surface area contributed by atoms with Crippen molar-refractivity contribution in [2.75, 3.05) is 13.1 Å². The third-order valence-electron chi connectivity index (χ3n) is 20.8. The lowest BCUT2D eigenvalue weighted by Crippen LogP contribution is -3.08. The van der Waals surface area contributed by atoms with E-state index in [1.165, 1.54) is 63.7 Å². The number of hydrogen-bond donors (Lipinski definition) is 1. The third-order valence-corrected chi connectivity index (χ3v) is 28.2. The normalized spacial score (nSPS) is 17.2. The van der Waals surface area contributed by atoms with Gasteiger partial charge in [0.05, 0.1) is 13.1 Å². The summed E-state index contributed by atoms with van der Waals surface area (Å²) in [5, 5.41) is 0. The van der Waals surface area contributed by atoms with Crippen molar-refractivity contribution in [1.29, 1.82) is 0 Å². The average Bonchev–Trinajstić information content (AvgIpc) is 1.49. The average molecular weight is 1500 g/mol. The van der Waals surface area contributed by atoms with Crippen molar-refractivity contribution >= 4 is 18.8 Å². The number of quaternary nitrogens is 1. The second-order valence-corrected chi connectivity index (χ2v) is 31.0. The largest absolute Gasteiger partial charge is 0.302 e. The number of rotatable bonds is 16. The predicted octanol–water partition coefficient (Wildman–Crippen LogP) is 22.0. The molecule has 103 heavy (non-hydrogen) atoms. The van der Waals surface area contributed by atoms with Crippen LogP contribution in [0, 0.1) is 175 Å². The van der Waals surface area contributed by atoms with Crippen LogP contribution in [0.1, 0.15) is 136 Å². The zero-order valence-corrected chi connectivity index (χ0v) is 54.3. The van der Waals surface area contributed by atoms with Gasteiger partial charge in [0.25, 0.3) is 0 Å². The first-order valence-electron chi connectivity index (χ1n) is 31.9. The Labute approximate surface area is 567 Å². The molecule has 7 unspecified atom stereocenters. The maximum Gasteiger partial charge on any atom is 0.198 e. The van der Waals surface area contributed by atoms with Crippen molar-refractivity contribution < 1.29 is 128 Å². The van der Waals surface area contributed by atoms with Gasteiger partial charge < -0.3 is 4.90 Å². The Morgan fingerprint density at radius 3 is 0.845 bits per heavy atom. The third kappa shape index (κ3) is 10.8. The molecule has 30 heteroatoms. The standard InChI is InChI=1S/C21H37N.4C13H2F7.Al/c1-5-8-13-20(7-3)16-17-22(18-19(4)12-6-2)21-14-10-9-11-15-21;4*14-5-2-3-1-4-7(6(3)10(17)9(5)16)11(18)13(20)12(19)8(4)15;/h9-11,14-15,19-20H,5-8,12-13,16-18H2,1-4H3;4*1-2H;/q;;;;;-1/p+1. The van der Waals surface area contributed by atoms with E-state index in [-0.39, 0.29) is 0 Å². The molecule has 4 aliphatic carbocycles. The molecule has 0 saturated heterocycles. The number of unbranched alkanes of at least 4 members (excludes halogenated alkanes) is 1. The van der Waals surface area contributed by atoms with Gasteiger partial charge in [0, 0.05) is 50.4 Å². The highest BCUT2D eigenvalue weighted by atomic mass is 27.2. The minimum Gasteiger partial charge on any atom is -0.302 e. The first-order valence-corrected chi connectivity index (χ1v) is 34.5. The quantitative estimate of drug-likeness (QED) is 0.0426. The van der Waals surface area contributed by atoms with Crippen molar-refractivity contribution in [3.8, 4) is 44.5 Å². The van der Waals surface area contributed by atoms with E-state index in [2.05, 4.69) is 58.0 Å². The molecule has 13 rings (SSSR count). The molecule has 0 heterocycles. The summed E-state index contributed by atoms with van der Waals surface area (Å²) in [6.45, 7) is 12.0. The maximum absolute atomic E-state index is 17.7. The van der Waals surface area contributed by atoms with Gasteiger partial charge in [-0.05, 0) is 77.4 Å². The molecule has 0 saturated carbocycles. The van der Waals surface area contributed by atoms with E-state index in [9.17, 15) is 0 Å². The van der Waals surface area contributed by atoms with Crippen LogP contribution < -0.4 is 4.90 Å². The smallest absolute Gasteiger partial charge is 0.198 e. The zero-order chi connectivity index (χ0) is 75.3. The van der Waals surface area contributed by atoms with Gasteiger partial charge in [0.2, 0.25) is 0 Å². The SMILES string of the molecule is CCCCC(CC)CC[NH+](CC(C)CCC)c1ccccc1.Fc1cc2c(c(F)c1F)-c1c(F)c(F)c(F)c(F)c1[CH]2[Al-]([CH]1c2cc(F)c(F)c(F)c2-c2c(F)c(F)c(F)c(F)c21)([CH]1c2cc(F)c(F)c(F)c2-c2c(F)c(F)c(F)c(F)c21)[CH]1c2cc(F)c(F)c(F)c2-c2c(F)c(F)c(F)c(F)c21. The lowest BCUT2D eigenvalue weighted by molar-refractivity contribution is -0.837. The van der Waals surface area contributed by atoms with E-state index in [4.69, 9.17) is 0 Å². The molecule has 0 fully saturated rings. The van der Waals surface area contributed by atoms with E-state index in [0.717, 1.165) is 11.8 Å². The first kappa shape index (κ1) is 74.2. The van der Waals surface area contributed by atoms with Crippen molar-refractivity contribution in [1.82, 2.24) is 0 Å².